The first-order valence-electron chi connectivity index (χ1n) is 9.30. The number of pyridine rings is 1. The zero-order chi connectivity index (χ0) is 21.7. The molecule has 1 atom stereocenters. The molecule has 0 aliphatic carbocycles. The number of aromatic nitrogens is 1. The Morgan fingerprint density at radius 3 is 2.83 bits per heavy atom. The van der Waals surface area contributed by atoms with Gasteiger partial charge in [-0.3, -0.25) is 19.5 Å². The number of aliphatic hydroxyl groups is 1. The number of hydrogen-bond donors (Lipinski definition) is 3. The van der Waals surface area contributed by atoms with Gasteiger partial charge < -0.3 is 20.9 Å². The van der Waals surface area contributed by atoms with Crippen molar-refractivity contribution < 1.29 is 28.6 Å². The number of nitrogens with one attached hydrogen (secondary N) is 1. The summed E-state index contributed by atoms with van der Waals surface area (Å²) >= 11 is 0. The molecule has 3 rings (SSSR count). The summed E-state index contributed by atoms with van der Waals surface area (Å²) in [5.74, 6) is -1.56. The van der Waals surface area contributed by atoms with Crippen LogP contribution in [0.4, 0.5) is 14.9 Å². The highest BCUT2D eigenvalue weighted by Gasteiger charge is 2.32. The Morgan fingerprint density at radius 1 is 1.33 bits per heavy atom. The first-order valence-corrected chi connectivity index (χ1v) is 9.30. The van der Waals surface area contributed by atoms with Gasteiger partial charge in [-0.05, 0) is 42.3 Å². The molecule has 1 saturated heterocycles. The SMILES string of the molecule is NC(=O)CCC1CN(c2ccc(-c3ccnc(C(=O)NCCO)c3)c(F)c2)C(=O)O1. The first kappa shape index (κ1) is 21.2. The lowest BCUT2D eigenvalue weighted by atomic mass is 10.0. The summed E-state index contributed by atoms with van der Waals surface area (Å²) in [6, 6.07) is 7.28. The Kier molecular flexibility index (Phi) is 6.58. The Morgan fingerprint density at radius 2 is 2.13 bits per heavy atom. The van der Waals surface area contributed by atoms with Crippen LogP contribution in [-0.2, 0) is 9.53 Å². The molecule has 0 spiro atoms. The second-order valence-corrected chi connectivity index (χ2v) is 6.69. The first-order chi connectivity index (χ1) is 14.4. The summed E-state index contributed by atoms with van der Waals surface area (Å²) in [6.07, 6.45) is 0.667. The molecule has 0 bridgehead atoms. The maximum atomic E-state index is 14.8. The van der Waals surface area contributed by atoms with Gasteiger partial charge >= 0.3 is 6.09 Å². The fourth-order valence-corrected chi connectivity index (χ4v) is 3.07. The maximum absolute atomic E-state index is 14.8. The average molecular weight is 416 g/mol. The third-order valence-corrected chi connectivity index (χ3v) is 4.55. The third kappa shape index (κ3) is 4.90. The summed E-state index contributed by atoms with van der Waals surface area (Å²) in [5.41, 5.74) is 6.19. The van der Waals surface area contributed by atoms with Crippen LogP contribution in [0.1, 0.15) is 23.3 Å². The summed E-state index contributed by atoms with van der Waals surface area (Å²) in [5, 5.41) is 11.3. The Labute approximate surface area is 171 Å². The van der Waals surface area contributed by atoms with Crippen LogP contribution in [-0.4, -0.2) is 53.8 Å². The van der Waals surface area contributed by atoms with E-state index in [1.54, 1.807) is 12.1 Å². The lowest BCUT2D eigenvalue weighted by Gasteiger charge is -2.14. The second kappa shape index (κ2) is 9.31. The van der Waals surface area contributed by atoms with Crippen molar-refractivity contribution in [3.8, 4) is 11.1 Å². The molecule has 3 amide bonds. The molecular formula is C20H21FN4O5. The Hall–Kier alpha value is -3.53. The van der Waals surface area contributed by atoms with E-state index in [2.05, 4.69) is 10.3 Å². The van der Waals surface area contributed by atoms with E-state index < -0.39 is 29.8 Å². The van der Waals surface area contributed by atoms with E-state index in [0.717, 1.165) is 0 Å². The van der Waals surface area contributed by atoms with Gasteiger partial charge in [0.25, 0.3) is 5.91 Å². The summed E-state index contributed by atoms with van der Waals surface area (Å²) in [7, 11) is 0. The number of rotatable bonds is 8. The number of carbonyl (C=O) groups is 3. The van der Waals surface area contributed by atoms with Crippen LogP contribution in [0.5, 0.6) is 0 Å². The van der Waals surface area contributed by atoms with Gasteiger partial charge in [-0.25, -0.2) is 9.18 Å². The molecule has 0 radical (unpaired) electrons. The van der Waals surface area contributed by atoms with Crippen molar-refractivity contribution in [2.24, 2.45) is 5.73 Å². The fourth-order valence-electron chi connectivity index (χ4n) is 3.07. The van der Waals surface area contributed by atoms with Gasteiger partial charge in [-0.15, -0.1) is 0 Å². The highest BCUT2D eigenvalue weighted by molar-refractivity contribution is 5.94. The van der Waals surface area contributed by atoms with Gasteiger partial charge in [-0.1, -0.05) is 0 Å². The van der Waals surface area contributed by atoms with Gasteiger partial charge in [0.1, 0.15) is 17.6 Å². The molecule has 1 fully saturated rings. The van der Waals surface area contributed by atoms with Crippen molar-refractivity contribution in [3.05, 3.63) is 48.0 Å². The van der Waals surface area contributed by atoms with Crippen LogP contribution in [0.2, 0.25) is 0 Å². The quantitative estimate of drug-likeness (QED) is 0.592. The van der Waals surface area contributed by atoms with Crippen LogP contribution < -0.4 is 16.0 Å². The van der Waals surface area contributed by atoms with Gasteiger partial charge in [0.2, 0.25) is 5.91 Å². The van der Waals surface area contributed by atoms with Gasteiger partial charge in [0.15, 0.2) is 0 Å². The number of cyclic esters (lactones) is 1. The molecule has 1 aliphatic rings. The van der Waals surface area contributed by atoms with Crippen molar-refractivity contribution in [3.63, 3.8) is 0 Å². The van der Waals surface area contributed by atoms with E-state index in [4.69, 9.17) is 15.6 Å². The van der Waals surface area contributed by atoms with Crippen LogP contribution >= 0.6 is 0 Å². The Bertz CT molecular complexity index is 968. The number of benzene rings is 1. The molecule has 4 N–H and O–H groups in total. The third-order valence-electron chi connectivity index (χ3n) is 4.55. The molecule has 2 aromatic rings. The van der Waals surface area contributed by atoms with Crippen LogP contribution in [0, 0.1) is 5.82 Å². The minimum absolute atomic E-state index is 0.0835. The highest BCUT2D eigenvalue weighted by Crippen LogP contribution is 2.29. The van der Waals surface area contributed by atoms with Crippen molar-refractivity contribution in [1.82, 2.24) is 10.3 Å². The molecule has 1 aliphatic heterocycles. The lowest BCUT2D eigenvalue weighted by Crippen LogP contribution is -2.27. The molecule has 9 nitrogen and oxygen atoms in total. The number of hydrogen-bond acceptors (Lipinski definition) is 6. The molecule has 158 valence electrons. The Balaban J connectivity index is 1.77. The molecular weight excluding hydrogens is 395 g/mol. The van der Waals surface area contributed by atoms with E-state index in [9.17, 15) is 18.8 Å². The minimum atomic E-state index is -0.622. The molecule has 30 heavy (non-hydrogen) atoms. The molecule has 1 aromatic heterocycles. The van der Waals surface area contributed by atoms with E-state index >= 15 is 0 Å². The summed E-state index contributed by atoms with van der Waals surface area (Å²) in [6.45, 7) is 0.0688. The lowest BCUT2D eigenvalue weighted by molar-refractivity contribution is -0.118. The van der Waals surface area contributed by atoms with Crippen LogP contribution in [0.3, 0.4) is 0 Å². The normalized spacial score (nSPS) is 15.7. The predicted octanol–water partition coefficient (Wildman–Crippen LogP) is 1.20. The maximum Gasteiger partial charge on any atom is 0.414 e. The zero-order valence-electron chi connectivity index (χ0n) is 16.0. The molecule has 1 aromatic carbocycles. The minimum Gasteiger partial charge on any atom is -0.444 e. The molecule has 10 heteroatoms. The number of nitrogens with two attached hydrogens (primary N) is 1. The highest BCUT2D eigenvalue weighted by atomic mass is 19.1. The predicted molar refractivity (Wildman–Crippen MR) is 105 cm³/mol. The number of amides is 3. The molecule has 1 unspecified atom stereocenters. The average Bonchev–Trinajstić information content (AvgIpc) is 3.11. The molecule has 0 saturated carbocycles. The van der Waals surface area contributed by atoms with Crippen molar-refractivity contribution in [1.29, 1.82) is 0 Å². The standard InChI is InChI=1S/C20H21FN4O5/c21-16-10-13(25-11-14(30-20(25)29)2-4-18(22)27)1-3-15(16)12-5-6-23-17(9-12)19(28)24-7-8-26/h1,3,5-6,9-10,14,26H,2,4,7-8,11H2,(H2,22,27)(H,24,28). The topological polar surface area (TPSA) is 135 Å². The van der Waals surface area contributed by atoms with E-state index in [-0.39, 0.29) is 37.4 Å². The van der Waals surface area contributed by atoms with Crippen LogP contribution in [0.15, 0.2) is 36.5 Å². The van der Waals surface area contributed by atoms with E-state index in [1.807, 2.05) is 0 Å². The van der Waals surface area contributed by atoms with Crippen LogP contribution in [0.25, 0.3) is 11.1 Å². The number of nitrogens with zero attached hydrogens (tertiary/aromatic N) is 2. The number of primary amides is 1. The van der Waals surface area contributed by atoms with Crippen molar-refractivity contribution >= 4 is 23.6 Å². The smallest absolute Gasteiger partial charge is 0.414 e. The number of anilines is 1. The monoisotopic (exact) mass is 416 g/mol. The van der Waals surface area contributed by atoms with Gasteiger partial charge in [-0.2, -0.15) is 0 Å². The molecule has 2 heterocycles. The van der Waals surface area contributed by atoms with Crippen molar-refractivity contribution in [2.45, 2.75) is 18.9 Å². The zero-order valence-corrected chi connectivity index (χ0v) is 16.0. The number of ether oxygens (including phenoxy) is 1. The summed E-state index contributed by atoms with van der Waals surface area (Å²) < 4.78 is 20.0. The van der Waals surface area contributed by atoms with E-state index in [1.165, 1.54) is 29.3 Å². The second-order valence-electron chi connectivity index (χ2n) is 6.69. The van der Waals surface area contributed by atoms with Gasteiger partial charge in [0, 0.05) is 24.7 Å². The number of aliphatic hydroxyl groups excluding tert-OH is 1. The number of halogens is 1. The fraction of sp³-hybridized carbons (Fsp3) is 0.300. The number of carbonyl (C=O) groups excluding carboxylic acids is 3. The van der Waals surface area contributed by atoms with E-state index in [0.29, 0.717) is 17.7 Å². The van der Waals surface area contributed by atoms with Crippen molar-refractivity contribution in [2.75, 3.05) is 24.6 Å². The summed E-state index contributed by atoms with van der Waals surface area (Å²) in [4.78, 5) is 40.2. The largest absolute Gasteiger partial charge is 0.444 e. The van der Waals surface area contributed by atoms with Gasteiger partial charge in [0.05, 0.1) is 18.8 Å².